The minimum Gasteiger partial charge on any atom is -0.345 e. The summed E-state index contributed by atoms with van der Waals surface area (Å²) in [5.41, 5.74) is -0.742. The summed E-state index contributed by atoms with van der Waals surface area (Å²) < 4.78 is 25.9. The minimum atomic E-state index is -3.48. The van der Waals surface area contributed by atoms with E-state index in [1.54, 1.807) is 13.8 Å². The fraction of sp³-hybridized carbons (Fsp3) is 0.625. The van der Waals surface area contributed by atoms with E-state index in [1.807, 2.05) is 0 Å². The van der Waals surface area contributed by atoms with Gasteiger partial charge in [-0.15, -0.1) is 0 Å². The summed E-state index contributed by atoms with van der Waals surface area (Å²) in [4.78, 5) is 10.9. The molecule has 0 spiro atoms. The molecule has 0 unspecified atom stereocenters. The van der Waals surface area contributed by atoms with Gasteiger partial charge in [0, 0.05) is 0 Å². The van der Waals surface area contributed by atoms with Crippen LogP contribution in [0.3, 0.4) is 0 Å². The highest BCUT2D eigenvalue weighted by atomic mass is 32.2. The molecule has 1 N–H and O–H groups in total. The number of amides is 1. The maximum absolute atomic E-state index is 10.9. The smallest absolute Gasteiger partial charge is 0.264 e. The van der Waals surface area contributed by atoms with Crippen LogP contribution in [0.5, 0.6) is 0 Å². The molecule has 0 aliphatic heterocycles. The van der Waals surface area contributed by atoms with Gasteiger partial charge in [0.05, 0.1) is 18.4 Å². The standard InChI is InChI=1S/C8H15NO4S/c1-5-7(10)9-8(2,3)6-13-14(4,11)12/h5H,1,6H2,2-4H3,(H,9,10). The van der Waals surface area contributed by atoms with E-state index in [9.17, 15) is 13.2 Å². The Morgan fingerprint density at radius 1 is 1.57 bits per heavy atom. The third-order valence-corrected chi connectivity index (χ3v) is 1.83. The van der Waals surface area contributed by atoms with Crippen molar-refractivity contribution in [2.45, 2.75) is 19.4 Å². The summed E-state index contributed by atoms with van der Waals surface area (Å²) in [6.45, 7) is 6.48. The molecule has 0 aliphatic rings. The van der Waals surface area contributed by atoms with Crippen LogP contribution in [-0.2, 0) is 19.1 Å². The Balaban J connectivity index is 4.21. The van der Waals surface area contributed by atoms with Crippen molar-refractivity contribution in [3.63, 3.8) is 0 Å². The lowest BCUT2D eigenvalue weighted by Crippen LogP contribution is -2.46. The second-order valence-electron chi connectivity index (χ2n) is 3.54. The molecule has 0 saturated heterocycles. The summed E-state index contributed by atoms with van der Waals surface area (Å²) in [7, 11) is -3.48. The quantitative estimate of drug-likeness (QED) is 0.525. The van der Waals surface area contributed by atoms with Crippen molar-refractivity contribution in [2.24, 2.45) is 0 Å². The van der Waals surface area contributed by atoms with Crippen LogP contribution < -0.4 is 5.32 Å². The Morgan fingerprint density at radius 2 is 2.07 bits per heavy atom. The largest absolute Gasteiger partial charge is 0.345 e. The van der Waals surface area contributed by atoms with Crippen LogP contribution >= 0.6 is 0 Å². The van der Waals surface area contributed by atoms with Crippen molar-refractivity contribution in [3.8, 4) is 0 Å². The van der Waals surface area contributed by atoms with E-state index in [4.69, 9.17) is 0 Å². The van der Waals surface area contributed by atoms with E-state index in [1.165, 1.54) is 0 Å². The maximum Gasteiger partial charge on any atom is 0.264 e. The van der Waals surface area contributed by atoms with E-state index in [0.29, 0.717) is 0 Å². The molecule has 6 heteroatoms. The summed E-state index contributed by atoms with van der Waals surface area (Å²) in [6, 6.07) is 0. The third-order valence-electron chi connectivity index (χ3n) is 1.28. The first kappa shape index (κ1) is 13.1. The molecular weight excluding hydrogens is 206 g/mol. The van der Waals surface area contributed by atoms with Gasteiger partial charge < -0.3 is 5.32 Å². The van der Waals surface area contributed by atoms with Gasteiger partial charge in [0.1, 0.15) is 0 Å². The summed E-state index contributed by atoms with van der Waals surface area (Å²) in [6.07, 6.45) is 2.07. The molecular formula is C8H15NO4S. The molecule has 0 heterocycles. The Morgan fingerprint density at radius 3 is 2.43 bits per heavy atom. The summed E-state index contributed by atoms with van der Waals surface area (Å²) >= 11 is 0. The van der Waals surface area contributed by atoms with Gasteiger partial charge in [-0.25, -0.2) is 0 Å². The zero-order chi connectivity index (χ0) is 11.4. The van der Waals surface area contributed by atoms with Crippen LogP contribution in [0.15, 0.2) is 12.7 Å². The fourth-order valence-electron chi connectivity index (χ4n) is 0.675. The van der Waals surface area contributed by atoms with Crippen LogP contribution in [0, 0.1) is 0 Å². The van der Waals surface area contributed by atoms with E-state index < -0.39 is 15.7 Å². The number of rotatable bonds is 5. The molecule has 0 radical (unpaired) electrons. The predicted molar refractivity (Wildman–Crippen MR) is 53.2 cm³/mol. The lowest BCUT2D eigenvalue weighted by Gasteiger charge is -2.24. The first-order valence-corrected chi connectivity index (χ1v) is 5.77. The molecule has 5 nitrogen and oxygen atoms in total. The van der Waals surface area contributed by atoms with Crippen LogP contribution in [0.4, 0.5) is 0 Å². The number of hydrogen-bond acceptors (Lipinski definition) is 4. The molecule has 0 aromatic heterocycles. The minimum absolute atomic E-state index is 0.106. The molecule has 0 aromatic carbocycles. The Labute approximate surface area is 84.3 Å². The maximum atomic E-state index is 10.9. The first-order valence-electron chi connectivity index (χ1n) is 3.95. The van der Waals surface area contributed by atoms with Gasteiger partial charge in [0.15, 0.2) is 0 Å². The fourth-order valence-corrected chi connectivity index (χ4v) is 1.18. The highest BCUT2D eigenvalue weighted by Crippen LogP contribution is 2.04. The van der Waals surface area contributed by atoms with Gasteiger partial charge in [0.25, 0.3) is 10.1 Å². The van der Waals surface area contributed by atoms with Crippen molar-refractivity contribution in [1.29, 1.82) is 0 Å². The van der Waals surface area contributed by atoms with Gasteiger partial charge in [-0.2, -0.15) is 8.42 Å². The highest BCUT2D eigenvalue weighted by Gasteiger charge is 2.21. The molecule has 82 valence electrons. The zero-order valence-electron chi connectivity index (χ0n) is 8.53. The number of carbonyl (C=O) groups is 1. The lowest BCUT2D eigenvalue weighted by molar-refractivity contribution is -0.118. The average Bonchev–Trinajstić information content (AvgIpc) is 1.99. The van der Waals surface area contributed by atoms with Gasteiger partial charge in [-0.05, 0) is 19.9 Å². The van der Waals surface area contributed by atoms with Gasteiger partial charge >= 0.3 is 0 Å². The second kappa shape index (κ2) is 4.56. The predicted octanol–water partition coefficient (Wildman–Crippen LogP) is 0.0434. The normalized spacial score (nSPS) is 12.2. The van der Waals surface area contributed by atoms with Crippen molar-refractivity contribution in [1.82, 2.24) is 5.32 Å². The van der Waals surface area contributed by atoms with E-state index in [-0.39, 0.29) is 12.5 Å². The van der Waals surface area contributed by atoms with Crippen LogP contribution in [0.25, 0.3) is 0 Å². The van der Waals surface area contributed by atoms with E-state index in [2.05, 4.69) is 16.1 Å². The van der Waals surface area contributed by atoms with Crippen LogP contribution in [-0.4, -0.2) is 32.7 Å². The van der Waals surface area contributed by atoms with E-state index >= 15 is 0 Å². The van der Waals surface area contributed by atoms with Crippen LogP contribution in [0.1, 0.15) is 13.8 Å². The molecule has 0 aromatic rings. The van der Waals surface area contributed by atoms with Gasteiger partial charge in [0.2, 0.25) is 5.91 Å². The molecule has 0 aliphatic carbocycles. The average molecular weight is 221 g/mol. The van der Waals surface area contributed by atoms with E-state index in [0.717, 1.165) is 12.3 Å². The molecule has 1 amide bonds. The summed E-state index contributed by atoms with van der Waals surface area (Å²) in [5, 5.41) is 2.53. The zero-order valence-corrected chi connectivity index (χ0v) is 9.35. The van der Waals surface area contributed by atoms with Crippen molar-refractivity contribution < 1.29 is 17.4 Å². The number of carbonyl (C=O) groups excluding carboxylic acids is 1. The Kier molecular flexibility index (Phi) is 4.28. The Hall–Kier alpha value is -0.880. The monoisotopic (exact) mass is 221 g/mol. The van der Waals surface area contributed by atoms with Crippen LogP contribution in [0.2, 0.25) is 0 Å². The molecule has 0 atom stereocenters. The Bertz CT molecular complexity index is 318. The SMILES string of the molecule is C=CC(=O)NC(C)(C)COS(C)(=O)=O. The lowest BCUT2D eigenvalue weighted by atomic mass is 10.1. The molecule has 14 heavy (non-hydrogen) atoms. The first-order chi connectivity index (χ1) is 6.16. The van der Waals surface area contributed by atoms with Crippen molar-refractivity contribution in [3.05, 3.63) is 12.7 Å². The topological polar surface area (TPSA) is 72.5 Å². The second-order valence-corrected chi connectivity index (χ2v) is 5.19. The van der Waals surface area contributed by atoms with Gasteiger partial charge in [-0.3, -0.25) is 8.98 Å². The third kappa shape index (κ3) is 6.62. The van der Waals surface area contributed by atoms with Gasteiger partial charge in [-0.1, -0.05) is 6.58 Å². The molecule has 0 rings (SSSR count). The van der Waals surface area contributed by atoms with Crippen molar-refractivity contribution >= 4 is 16.0 Å². The van der Waals surface area contributed by atoms with Crippen molar-refractivity contribution in [2.75, 3.05) is 12.9 Å². The summed E-state index contributed by atoms with van der Waals surface area (Å²) in [5.74, 6) is -0.368. The molecule has 0 bridgehead atoms. The number of nitrogens with one attached hydrogen (secondary N) is 1. The highest BCUT2D eigenvalue weighted by molar-refractivity contribution is 7.85. The molecule has 0 fully saturated rings. The molecule has 0 saturated carbocycles. The number of hydrogen-bond donors (Lipinski definition) is 1.